The molecular weight excluding hydrogens is 282 g/mol. The zero-order valence-electron chi connectivity index (χ0n) is 8.76. The summed E-state index contributed by atoms with van der Waals surface area (Å²) in [7, 11) is 0. The van der Waals surface area contributed by atoms with Crippen LogP contribution in [0.15, 0.2) is 58.0 Å². The number of nitrogens with zero attached hydrogens (tertiary/aromatic N) is 1. The van der Waals surface area contributed by atoms with Gasteiger partial charge in [-0.05, 0) is 48.6 Å². The molecule has 1 aliphatic carbocycles. The molecule has 17 heavy (non-hydrogen) atoms. The lowest BCUT2D eigenvalue weighted by Gasteiger charge is -1.99. The first-order valence-corrected chi connectivity index (χ1v) is 5.73. The van der Waals surface area contributed by atoms with E-state index in [1.54, 1.807) is 24.3 Å². The zero-order chi connectivity index (χ0) is 12.3. The number of carbonyl (C=O) groups excluding carboxylic acids is 2. The molecule has 84 valence electrons. The Labute approximate surface area is 107 Å². The lowest BCUT2D eigenvalue weighted by Crippen LogP contribution is -2.03. The van der Waals surface area contributed by atoms with Crippen LogP contribution in [0.2, 0.25) is 0 Å². The van der Waals surface area contributed by atoms with Gasteiger partial charge in [-0.25, -0.2) is 4.99 Å². The van der Waals surface area contributed by atoms with E-state index in [1.165, 1.54) is 24.3 Å². The highest BCUT2D eigenvalue weighted by molar-refractivity contribution is 9.10. The summed E-state index contributed by atoms with van der Waals surface area (Å²) in [5.41, 5.74) is 0.997. The quantitative estimate of drug-likeness (QED) is 0.747. The van der Waals surface area contributed by atoms with E-state index >= 15 is 0 Å². The van der Waals surface area contributed by atoms with Gasteiger partial charge in [0.05, 0.1) is 5.71 Å². The van der Waals surface area contributed by atoms with E-state index < -0.39 is 0 Å². The third kappa shape index (κ3) is 3.07. The fourth-order valence-corrected chi connectivity index (χ4v) is 1.56. The fraction of sp³-hybridized carbons (Fsp3) is 0. The highest BCUT2D eigenvalue weighted by Crippen LogP contribution is 2.11. The highest BCUT2D eigenvalue weighted by Gasteiger charge is 2.06. The smallest absolute Gasteiger partial charge is 0.277 e. The minimum Gasteiger partial charge on any atom is -0.290 e. The second-order valence-corrected chi connectivity index (χ2v) is 4.33. The monoisotopic (exact) mass is 289 g/mol. The van der Waals surface area contributed by atoms with Gasteiger partial charge < -0.3 is 0 Å². The van der Waals surface area contributed by atoms with E-state index in [4.69, 9.17) is 0 Å². The highest BCUT2D eigenvalue weighted by atomic mass is 79.9. The normalized spacial score (nSPS) is 13.9. The Morgan fingerprint density at radius 1 is 1.00 bits per heavy atom. The molecule has 1 aliphatic rings. The van der Waals surface area contributed by atoms with E-state index in [1.807, 2.05) is 0 Å². The molecule has 0 unspecified atom stereocenters. The Kier molecular flexibility index (Phi) is 3.44. The third-order valence-corrected chi connectivity index (χ3v) is 2.69. The van der Waals surface area contributed by atoms with Gasteiger partial charge in [0.25, 0.3) is 5.91 Å². The Morgan fingerprint density at radius 2 is 1.59 bits per heavy atom. The number of hydrogen-bond acceptors (Lipinski definition) is 2. The van der Waals surface area contributed by atoms with Crippen molar-refractivity contribution in [3.05, 3.63) is 58.6 Å². The van der Waals surface area contributed by atoms with Crippen molar-refractivity contribution >= 4 is 33.3 Å². The Balaban J connectivity index is 2.20. The summed E-state index contributed by atoms with van der Waals surface area (Å²) >= 11 is 3.29. The largest absolute Gasteiger partial charge is 0.290 e. The summed E-state index contributed by atoms with van der Waals surface area (Å²) in [6.45, 7) is 0. The van der Waals surface area contributed by atoms with Crippen LogP contribution in [0.4, 0.5) is 0 Å². The number of rotatable bonds is 1. The van der Waals surface area contributed by atoms with Gasteiger partial charge in [0, 0.05) is 10.0 Å². The topological polar surface area (TPSA) is 46.5 Å². The van der Waals surface area contributed by atoms with Gasteiger partial charge in [-0.1, -0.05) is 15.9 Å². The van der Waals surface area contributed by atoms with E-state index in [0.29, 0.717) is 11.3 Å². The molecule has 0 atom stereocenters. The second-order valence-electron chi connectivity index (χ2n) is 3.42. The summed E-state index contributed by atoms with van der Waals surface area (Å²) < 4.78 is 0.907. The summed E-state index contributed by atoms with van der Waals surface area (Å²) in [6, 6.07) is 6.95. The lowest BCUT2D eigenvalue weighted by molar-refractivity contribution is -0.110. The van der Waals surface area contributed by atoms with E-state index in [-0.39, 0.29) is 11.7 Å². The predicted molar refractivity (Wildman–Crippen MR) is 69.2 cm³/mol. The van der Waals surface area contributed by atoms with Crippen molar-refractivity contribution in [2.24, 2.45) is 4.99 Å². The predicted octanol–water partition coefficient (Wildman–Crippen LogP) is 2.73. The molecule has 2 rings (SSSR count). The summed E-state index contributed by atoms with van der Waals surface area (Å²) in [4.78, 5) is 26.5. The molecule has 0 saturated heterocycles. The standard InChI is InChI=1S/C13H8BrNO2/c14-10-3-1-9(2-4-10)13(17)15-11-5-7-12(16)8-6-11/h1-8H. The van der Waals surface area contributed by atoms with Crippen LogP contribution in [0.3, 0.4) is 0 Å². The number of allylic oxidation sites excluding steroid dienone is 4. The third-order valence-electron chi connectivity index (χ3n) is 2.16. The van der Waals surface area contributed by atoms with Crippen LogP contribution >= 0.6 is 15.9 Å². The van der Waals surface area contributed by atoms with Crippen molar-refractivity contribution in [3.8, 4) is 0 Å². The minimum absolute atomic E-state index is 0.0972. The zero-order valence-corrected chi connectivity index (χ0v) is 10.3. The second kappa shape index (κ2) is 5.01. The van der Waals surface area contributed by atoms with Crippen molar-refractivity contribution in [2.75, 3.05) is 0 Å². The molecule has 1 aromatic rings. The van der Waals surface area contributed by atoms with Gasteiger partial charge in [-0.3, -0.25) is 9.59 Å². The maximum Gasteiger partial charge on any atom is 0.277 e. The number of hydrogen-bond donors (Lipinski definition) is 0. The lowest BCUT2D eigenvalue weighted by atomic mass is 10.1. The van der Waals surface area contributed by atoms with E-state index in [2.05, 4.69) is 20.9 Å². The fourth-order valence-electron chi connectivity index (χ4n) is 1.29. The molecule has 0 N–H and O–H groups in total. The number of aliphatic imine (C=N–C) groups is 1. The number of benzene rings is 1. The molecule has 1 aromatic carbocycles. The molecule has 1 amide bonds. The maximum atomic E-state index is 11.8. The summed E-state index contributed by atoms with van der Waals surface area (Å²) in [5.74, 6) is -0.420. The van der Waals surface area contributed by atoms with Crippen molar-refractivity contribution in [1.82, 2.24) is 0 Å². The molecule has 0 saturated carbocycles. The van der Waals surface area contributed by atoms with E-state index in [9.17, 15) is 9.59 Å². The average Bonchev–Trinajstić information content (AvgIpc) is 2.33. The molecule has 0 spiro atoms. The van der Waals surface area contributed by atoms with Crippen LogP contribution < -0.4 is 0 Å². The Morgan fingerprint density at radius 3 is 2.18 bits per heavy atom. The molecule has 4 heteroatoms. The number of amides is 1. The van der Waals surface area contributed by atoms with Gasteiger partial charge in [-0.15, -0.1) is 0 Å². The van der Waals surface area contributed by atoms with Crippen LogP contribution in [-0.2, 0) is 4.79 Å². The van der Waals surface area contributed by atoms with Crippen LogP contribution in [0.25, 0.3) is 0 Å². The van der Waals surface area contributed by atoms with Crippen LogP contribution in [0, 0.1) is 0 Å². The Hall–Kier alpha value is -1.81. The minimum atomic E-state index is -0.323. The Bertz CT molecular complexity index is 535. The van der Waals surface area contributed by atoms with Gasteiger partial charge in [0.15, 0.2) is 5.78 Å². The van der Waals surface area contributed by atoms with Crippen LogP contribution in [0.5, 0.6) is 0 Å². The van der Waals surface area contributed by atoms with Crippen molar-refractivity contribution in [1.29, 1.82) is 0 Å². The molecular formula is C13H8BrNO2. The van der Waals surface area contributed by atoms with Gasteiger partial charge in [0.1, 0.15) is 0 Å². The number of halogens is 1. The number of ketones is 1. The molecule has 3 nitrogen and oxygen atoms in total. The van der Waals surface area contributed by atoms with E-state index in [0.717, 1.165) is 4.47 Å². The first-order chi connectivity index (χ1) is 8.15. The number of carbonyl (C=O) groups is 2. The first kappa shape index (κ1) is 11.7. The van der Waals surface area contributed by atoms with Crippen LogP contribution in [0.1, 0.15) is 10.4 Å². The van der Waals surface area contributed by atoms with Gasteiger partial charge >= 0.3 is 0 Å². The molecule has 0 bridgehead atoms. The SMILES string of the molecule is O=C1C=CC(=NC(=O)c2ccc(Br)cc2)C=C1. The van der Waals surface area contributed by atoms with Crippen molar-refractivity contribution < 1.29 is 9.59 Å². The van der Waals surface area contributed by atoms with Crippen LogP contribution in [-0.4, -0.2) is 17.4 Å². The van der Waals surface area contributed by atoms with Gasteiger partial charge in [0.2, 0.25) is 0 Å². The van der Waals surface area contributed by atoms with Crippen molar-refractivity contribution in [3.63, 3.8) is 0 Å². The van der Waals surface area contributed by atoms with Gasteiger partial charge in [-0.2, -0.15) is 0 Å². The molecule has 0 aliphatic heterocycles. The average molecular weight is 290 g/mol. The summed E-state index contributed by atoms with van der Waals surface area (Å²) in [5, 5.41) is 0. The maximum absolute atomic E-state index is 11.8. The molecule has 0 fully saturated rings. The molecule has 0 radical (unpaired) electrons. The molecule has 0 heterocycles. The summed E-state index contributed by atoms with van der Waals surface area (Å²) in [6.07, 6.45) is 5.82. The van der Waals surface area contributed by atoms with Crippen molar-refractivity contribution in [2.45, 2.75) is 0 Å². The first-order valence-electron chi connectivity index (χ1n) is 4.94. The molecule has 0 aromatic heterocycles.